The summed E-state index contributed by atoms with van der Waals surface area (Å²) in [6.07, 6.45) is 0. The number of amides is 2. The van der Waals surface area contributed by atoms with Crippen molar-refractivity contribution in [1.29, 1.82) is 0 Å². The molecule has 0 atom stereocenters. The lowest BCUT2D eigenvalue weighted by Crippen LogP contribution is -2.32. The molecule has 2 aromatic carbocycles. The molecule has 0 fully saturated rings. The van der Waals surface area contributed by atoms with E-state index < -0.39 is 12.0 Å². The Labute approximate surface area is 166 Å². The van der Waals surface area contributed by atoms with E-state index >= 15 is 0 Å². The van der Waals surface area contributed by atoms with E-state index in [0.29, 0.717) is 24.4 Å². The zero-order valence-corrected chi connectivity index (χ0v) is 16.9. The highest BCUT2D eigenvalue weighted by molar-refractivity contribution is 6.00. The predicted octanol–water partition coefficient (Wildman–Crippen LogP) is 4.36. The van der Waals surface area contributed by atoms with Crippen molar-refractivity contribution in [3.05, 3.63) is 59.7 Å². The van der Waals surface area contributed by atoms with Gasteiger partial charge in [-0.15, -0.1) is 0 Å². The number of para-hydroxylation sites is 1. The number of hydrogen-bond acceptors (Lipinski definition) is 4. The van der Waals surface area contributed by atoms with Gasteiger partial charge in [0.1, 0.15) is 12.4 Å². The van der Waals surface area contributed by atoms with Crippen molar-refractivity contribution >= 4 is 17.7 Å². The number of benzene rings is 2. The van der Waals surface area contributed by atoms with Gasteiger partial charge in [0.25, 0.3) is 0 Å². The Kier molecular flexibility index (Phi) is 7.44. The van der Waals surface area contributed by atoms with Gasteiger partial charge in [0.05, 0.1) is 24.4 Å². The molecule has 28 heavy (non-hydrogen) atoms. The van der Waals surface area contributed by atoms with Gasteiger partial charge in [-0.2, -0.15) is 0 Å². The minimum Gasteiger partial charge on any atom is -0.492 e. The Morgan fingerprint density at radius 3 is 2.50 bits per heavy atom. The molecule has 2 amide bonds. The minimum atomic E-state index is -0.472. The maximum atomic E-state index is 12.1. The highest BCUT2D eigenvalue weighted by Crippen LogP contribution is 2.25. The van der Waals surface area contributed by atoms with Gasteiger partial charge in [-0.25, -0.2) is 9.59 Å². The number of rotatable bonds is 7. The number of esters is 1. The van der Waals surface area contributed by atoms with Crippen LogP contribution < -0.4 is 15.4 Å². The van der Waals surface area contributed by atoms with Crippen molar-refractivity contribution in [2.45, 2.75) is 33.1 Å². The summed E-state index contributed by atoms with van der Waals surface area (Å²) in [5, 5.41) is 5.39. The maximum Gasteiger partial charge on any atom is 0.340 e. The summed E-state index contributed by atoms with van der Waals surface area (Å²) in [6, 6.07) is 14.2. The van der Waals surface area contributed by atoms with Crippen molar-refractivity contribution in [1.82, 2.24) is 5.32 Å². The topological polar surface area (TPSA) is 76.7 Å². The van der Waals surface area contributed by atoms with Crippen LogP contribution in [-0.4, -0.2) is 31.8 Å². The molecule has 0 saturated heterocycles. The zero-order valence-electron chi connectivity index (χ0n) is 16.9. The molecule has 0 radical (unpaired) electrons. The molecule has 0 aromatic heterocycles. The first kappa shape index (κ1) is 21.3. The van der Waals surface area contributed by atoms with Crippen LogP contribution in [0.15, 0.2) is 48.5 Å². The smallest absolute Gasteiger partial charge is 0.340 e. The van der Waals surface area contributed by atoms with Gasteiger partial charge in [0.2, 0.25) is 0 Å². The van der Waals surface area contributed by atoms with Crippen molar-refractivity contribution in [2.75, 3.05) is 25.1 Å². The monoisotopic (exact) mass is 384 g/mol. The number of hydrogen-bond donors (Lipinski definition) is 2. The van der Waals surface area contributed by atoms with Gasteiger partial charge in [0, 0.05) is 0 Å². The molecular formula is C22H28N2O4. The molecule has 0 bridgehead atoms. The number of ether oxygens (including phenoxy) is 2. The third kappa shape index (κ3) is 6.30. The van der Waals surface area contributed by atoms with E-state index in [1.54, 1.807) is 31.2 Å². The maximum absolute atomic E-state index is 12.1. The highest BCUT2D eigenvalue weighted by atomic mass is 16.5. The van der Waals surface area contributed by atoms with Crippen molar-refractivity contribution in [3.63, 3.8) is 0 Å². The fourth-order valence-electron chi connectivity index (χ4n) is 2.53. The standard InChI is InChI=1S/C22H28N2O4/c1-5-27-20(25)18-11-6-7-12-19(18)24-21(26)23-13-14-28-17-10-8-9-16(15-17)22(2,3)4/h6-12,15H,5,13-14H2,1-4H3,(H2,23,24,26). The summed E-state index contributed by atoms with van der Waals surface area (Å²) < 4.78 is 10.7. The molecule has 2 N–H and O–H groups in total. The Hall–Kier alpha value is -3.02. The molecule has 0 aliphatic carbocycles. The molecule has 0 aliphatic heterocycles. The van der Waals surface area contributed by atoms with E-state index in [1.807, 2.05) is 18.2 Å². The van der Waals surface area contributed by atoms with E-state index in [1.165, 1.54) is 5.56 Å². The van der Waals surface area contributed by atoms with Gasteiger partial charge < -0.3 is 20.1 Å². The van der Waals surface area contributed by atoms with Gasteiger partial charge >= 0.3 is 12.0 Å². The van der Waals surface area contributed by atoms with Crippen molar-refractivity contribution < 1.29 is 19.1 Å². The van der Waals surface area contributed by atoms with Crippen LogP contribution in [0.5, 0.6) is 5.75 Å². The molecular weight excluding hydrogens is 356 g/mol. The minimum absolute atomic E-state index is 0.0455. The summed E-state index contributed by atoms with van der Waals surface area (Å²) in [6.45, 7) is 9.10. The number of nitrogens with one attached hydrogen (secondary N) is 2. The molecule has 0 saturated carbocycles. The Morgan fingerprint density at radius 2 is 1.79 bits per heavy atom. The number of carbonyl (C=O) groups excluding carboxylic acids is 2. The fourth-order valence-corrected chi connectivity index (χ4v) is 2.53. The molecule has 2 aromatic rings. The number of urea groups is 1. The summed E-state index contributed by atoms with van der Waals surface area (Å²) in [5.74, 6) is 0.294. The van der Waals surface area contributed by atoms with Gasteiger partial charge in [0.15, 0.2) is 0 Å². The zero-order chi connectivity index (χ0) is 20.6. The normalized spacial score (nSPS) is 10.9. The second-order valence-electron chi connectivity index (χ2n) is 7.27. The Morgan fingerprint density at radius 1 is 1.04 bits per heavy atom. The van der Waals surface area contributed by atoms with E-state index in [2.05, 4.69) is 37.5 Å². The molecule has 2 rings (SSSR count). The lowest BCUT2D eigenvalue weighted by molar-refractivity contribution is 0.0527. The van der Waals surface area contributed by atoms with E-state index in [-0.39, 0.29) is 12.0 Å². The van der Waals surface area contributed by atoms with Crippen LogP contribution in [0.4, 0.5) is 10.5 Å². The first-order valence-corrected chi connectivity index (χ1v) is 9.35. The third-order valence-corrected chi connectivity index (χ3v) is 4.03. The largest absolute Gasteiger partial charge is 0.492 e. The van der Waals surface area contributed by atoms with E-state index in [4.69, 9.17) is 9.47 Å². The quantitative estimate of drug-likeness (QED) is 0.549. The Balaban J connectivity index is 1.84. The lowest BCUT2D eigenvalue weighted by atomic mass is 9.87. The predicted molar refractivity (Wildman–Crippen MR) is 110 cm³/mol. The van der Waals surface area contributed by atoms with Crippen LogP contribution >= 0.6 is 0 Å². The van der Waals surface area contributed by atoms with Gasteiger partial charge in [-0.1, -0.05) is 45.0 Å². The van der Waals surface area contributed by atoms with Gasteiger partial charge in [-0.3, -0.25) is 0 Å². The fraction of sp³-hybridized carbons (Fsp3) is 0.364. The highest BCUT2D eigenvalue weighted by Gasteiger charge is 2.15. The van der Waals surface area contributed by atoms with Crippen molar-refractivity contribution in [2.24, 2.45) is 0 Å². The molecule has 0 aliphatic rings. The first-order chi connectivity index (χ1) is 13.3. The van der Waals surface area contributed by atoms with E-state index in [0.717, 1.165) is 5.75 Å². The molecule has 0 spiro atoms. The molecule has 6 nitrogen and oxygen atoms in total. The second kappa shape index (κ2) is 9.78. The summed E-state index contributed by atoms with van der Waals surface area (Å²) in [4.78, 5) is 24.1. The molecule has 6 heteroatoms. The Bertz CT molecular complexity index is 812. The van der Waals surface area contributed by atoms with E-state index in [9.17, 15) is 9.59 Å². The van der Waals surface area contributed by atoms with Crippen LogP contribution in [-0.2, 0) is 10.2 Å². The SMILES string of the molecule is CCOC(=O)c1ccccc1NC(=O)NCCOc1cccc(C(C)(C)C)c1. The number of carbonyl (C=O) groups is 2. The molecule has 0 unspecified atom stereocenters. The third-order valence-electron chi connectivity index (χ3n) is 4.03. The van der Waals surface area contributed by atoms with Crippen LogP contribution in [0.25, 0.3) is 0 Å². The van der Waals surface area contributed by atoms with Crippen LogP contribution in [0.2, 0.25) is 0 Å². The average molecular weight is 384 g/mol. The second-order valence-corrected chi connectivity index (χ2v) is 7.27. The summed E-state index contributed by atoms with van der Waals surface area (Å²) in [5.41, 5.74) is 1.95. The number of anilines is 1. The van der Waals surface area contributed by atoms with Crippen LogP contribution in [0, 0.1) is 0 Å². The average Bonchev–Trinajstić information content (AvgIpc) is 2.65. The molecule has 150 valence electrons. The molecule has 0 heterocycles. The van der Waals surface area contributed by atoms with Crippen LogP contribution in [0.1, 0.15) is 43.6 Å². The summed E-state index contributed by atoms with van der Waals surface area (Å²) >= 11 is 0. The lowest BCUT2D eigenvalue weighted by Gasteiger charge is -2.19. The van der Waals surface area contributed by atoms with Crippen molar-refractivity contribution in [3.8, 4) is 5.75 Å². The van der Waals surface area contributed by atoms with Crippen LogP contribution in [0.3, 0.4) is 0 Å². The summed E-state index contributed by atoms with van der Waals surface area (Å²) in [7, 11) is 0. The van der Waals surface area contributed by atoms with Gasteiger partial charge in [-0.05, 0) is 42.2 Å². The first-order valence-electron chi connectivity index (χ1n) is 9.35.